The van der Waals surface area contributed by atoms with Gasteiger partial charge < -0.3 is 9.47 Å². The monoisotopic (exact) mass is 312 g/mol. The first-order chi connectivity index (χ1) is 11.1. The number of carbonyl (C=O) groups excluding carboxylic acids is 1. The number of hydrogen-bond donors (Lipinski definition) is 0. The minimum Gasteiger partial charge on any atom is -0.491 e. The average Bonchev–Trinajstić information content (AvgIpc) is 2.54. The zero-order chi connectivity index (χ0) is 16.7. The first kappa shape index (κ1) is 16.7. The van der Waals surface area contributed by atoms with Crippen LogP contribution in [-0.2, 0) is 9.53 Å². The summed E-state index contributed by atoms with van der Waals surface area (Å²) >= 11 is 0. The fourth-order valence-corrected chi connectivity index (χ4v) is 2.00. The molecule has 1 atom stereocenters. The summed E-state index contributed by atoms with van der Waals surface area (Å²) in [5.74, 6) is 1.03. The highest BCUT2D eigenvalue weighted by Crippen LogP contribution is 2.18. The Morgan fingerprint density at radius 1 is 1.22 bits per heavy atom. The van der Waals surface area contributed by atoms with Crippen molar-refractivity contribution >= 4 is 12.0 Å². The third-order valence-electron chi connectivity index (χ3n) is 3.02. The first-order valence-electron chi connectivity index (χ1n) is 7.49. The summed E-state index contributed by atoms with van der Waals surface area (Å²) < 4.78 is 10.4. The van der Waals surface area contributed by atoms with Crippen molar-refractivity contribution in [2.75, 3.05) is 6.61 Å². The van der Waals surface area contributed by atoms with E-state index in [9.17, 15) is 4.79 Å². The van der Waals surface area contributed by atoms with Crippen molar-refractivity contribution in [3.8, 4) is 17.1 Å². The van der Waals surface area contributed by atoms with Crippen LogP contribution in [0.1, 0.15) is 26.3 Å². The van der Waals surface area contributed by atoms with Crippen molar-refractivity contribution in [3.63, 3.8) is 0 Å². The molecule has 2 aromatic rings. The van der Waals surface area contributed by atoms with E-state index in [1.54, 1.807) is 12.4 Å². The van der Waals surface area contributed by atoms with Crippen LogP contribution >= 0.6 is 0 Å². The molecule has 23 heavy (non-hydrogen) atoms. The molecule has 0 spiro atoms. The molecule has 0 saturated heterocycles. The maximum absolute atomic E-state index is 10.9. The Kier molecular flexibility index (Phi) is 5.86. The van der Waals surface area contributed by atoms with Crippen LogP contribution in [0, 0.1) is 0 Å². The molecule has 0 fully saturated rings. The Bertz CT molecular complexity index is 664. The average molecular weight is 312 g/mol. The summed E-state index contributed by atoms with van der Waals surface area (Å²) in [6.07, 6.45) is 6.84. The minimum atomic E-state index is -0.287. The van der Waals surface area contributed by atoms with Crippen LogP contribution in [0.25, 0.3) is 17.5 Å². The molecule has 0 aliphatic rings. The standard InChI is InChI=1S/C18H20N2O3/c1-4-22-17-11-19-18(20-12-17)16-9-7-15(8-10-16)6-5-13(2)23-14(3)21/h5-13H,4H2,1-3H3. The van der Waals surface area contributed by atoms with E-state index < -0.39 is 0 Å². The molecule has 5 heteroatoms. The largest absolute Gasteiger partial charge is 0.491 e. The normalized spacial score (nSPS) is 12.1. The van der Waals surface area contributed by atoms with Gasteiger partial charge in [0.05, 0.1) is 19.0 Å². The lowest BCUT2D eigenvalue weighted by atomic mass is 10.1. The highest BCUT2D eigenvalue weighted by Gasteiger charge is 2.03. The highest BCUT2D eigenvalue weighted by atomic mass is 16.5. The Morgan fingerprint density at radius 2 is 1.87 bits per heavy atom. The van der Waals surface area contributed by atoms with Crippen LogP contribution in [0.3, 0.4) is 0 Å². The van der Waals surface area contributed by atoms with Gasteiger partial charge in [0.2, 0.25) is 0 Å². The molecule has 1 heterocycles. The van der Waals surface area contributed by atoms with E-state index in [0.29, 0.717) is 18.2 Å². The number of esters is 1. The quantitative estimate of drug-likeness (QED) is 0.764. The van der Waals surface area contributed by atoms with Crippen LogP contribution in [0.2, 0.25) is 0 Å². The van der Waals surface area contributed by atoms with Crippen molar-refractivity contribution < 1.29 is 14.3 Å². The van der Waals surface area contributed by atoms with Gasteiger partial charge in [0.1, 0.15) is 6.10 Å². The number of ether oxygens (including phenoxy) is 2. The van der Waals surface area contributed by atoms with Gasteiger partial charge in [-0.1, -0.05) is 30.3 Å². The van der Waals surface area contributed by atoms with E-state index >= 15 is 0 Å². The second-order valence-corrected chi connectivity index (χ2v) is 4.97. The molecule has 0 radical (unpaired) electrons. The Labute approximate surface area is 136 Å². The molecular weight excluding hydrogens is 292 g/mol. The van der Waals surface area contributed by atoms with E-state index in [-0.39, 0.29) is 12.1 Å². The molecule has 0 aliphatic heterocycles. The third kappa shape index (κ3) is 5.21. The van der Waals surface area contributed by atoms with E-state index in [1.165, 1.54) is 6.92 Å². The smallest absolute Gasteiger partial charge is 0.303 e. The van der Waals surface area contributed by atoms with E-state index in [2.05, 4.69) is 9.97 Å². The van der Waals surface area contributed by atoms with Crippen LogP contribution in [0.15, 0.2) is 42.7 Å². The van der Waals surface area contributed by atoms with Gasteiger partial charge in [-0.05, 0) is 25.5 Å². The Morgan fingerprint density at radius 3 is 2.43 bits per heavy atom. The lowest BCUT2D eigenvalue weighted by Crippen LogP contribution is -2.08. The Hall–Kier alpha value is -2.69. The number of carbonyl (C=O) groups is 1. The fraction of sp³-hybridized carbons (Fsp3) is 0.278. The summed E-state index contributed by atoms with van der Waals surface area (Å²) in [4.78, 5) is 19.4. The van der Waals surface area contributed by atoms with Gasteiger partial charge in [-0.25, -0.2) is 9.97 Å². The zero-order valence-electron chi connectivity index (χ0n) is 13.5. The molecule has 1 aromatic heterocycles. The highest BCUT2D eigenvalue weighted by molar-refractivity contribution is 5.66. The van der Waals surface area contributed by atoms with Crippen LogP contribution in [0.5, 0.6) is 5.75 Å². The number of aromatic nitrogens is 2. The third-order valence-corrected chi connectivity index (χ3v) is 3.02. The summed E-state index contributed by atoms with van der Waals surface area (Å²) in [6.45, 7) is 5.73. The second-order valence-electron chi connectivity index (χ2n) is 4.97. The molecule has 0 bridgehead atoms. The number of benzene rings is 1. The lowest BCUT2D eigenvalue weighted by molar-refractivity contribution is -0.143. The van der Waals surface area contributed by atoms with Crippen LogP contribution in [0.4, 0.5) is 0 Å². The predicted molar refractivity (Wildman–Crippen MR) is 88.9 cm³/mol. The van der Waals surface area contributed by atoms with E-state index in [1.807, 2.05) is 50.3 Å². The molecule has 0 saturated carbocycles. The SMILES string of the molecule is CCOc1cnc(-c2ccc(C=CC(C)OC(C)=O)cc2)nc1. The molecule has 5 nitrogen and oxygen atoms in total. The molecular formula is C18H20N2O3. The first-order valence-corrected chi connectivity index (χ1v) is 7.49. The van der Waals surface area contributed by atoms with Gasteiger partial charge in [-0.15, -0.1) is 0 Å². The van der Waals surface area contributed by atoms with Crippen molar-refractivity contribution in [2.45, 2.75) is 26.9 Å². The maximum atomic E-state index is 10.9. The Balaban J connectivity index is 2.04. The van der Waals surface area contributed by atoms with Crippen molar-refractivity contribution in [3.05, 3.63) is 48.3 Å². The summed E-state index contributed by atoms with van der Waals surface area (Å²) in [5, 5.41) is 0. The predicted octanol–water partition coefficient (Wildman–Crippen LogP) is 3.51. The summed E-state index contributed by atoms with van der Waals surface area (Å²) in [5.41, 5.74) is 1.94. The topological polar surface area (TPSA) is 61.3 Å². The minimum absolute atomic E-state index is 0.249. The summed E-state index contributed by atoms with van der Waals surface area (Å²) in [6, 6.07) is 7.83. The van der Waals surface area contributed by atoms with Crippen molar-refractivity contribution in [1.82, 2.24) is 9.97 Å². The molecule has 1 unspecified atom stereocenters. The maximum Gasteiger partial charge on any atom is 0.303 e. The number of nitrogens with zero attached hydrogens (tertiary/aromatic N) is 2. The van der Waals surface area contributed by atoms with Gasteiger partial charge in [-0.3, -0.25) is 4.79 Å². The van der Waals surface area contributed by atoms with Crippen LogP contribution in [-0.4, -0.2) is 28.6 Å². The van der Waals surface area contributed by atoms with Crippen molar-refractivity contribution in [2.24, 2.45) is 0 Å². The van der Waals surface area contributed by atoms with Crippen molar-refractivity contribution in [1.29, 1.82) is 0 Å². The van der Waals surface area contributed by atoms with Gasteiger partial charge in [0.15, 0.2) is 11.6 Å². The van der Waals surface area contributed by atoms with Crippen LogP contribution < -0.4 is 4.74 Å². The molecule has 2 rings (SSSR count). The number of rotatable bonds is 6. The van der Waals surface area contributed by atoms with Gasteiger partial charge in [0.25, 0.3) is 0 Å². The fourth-order valence-electron chi connectivity index (χ4n) is 2.00. The second kappa shape index (κ2) is 8.08. The lowest BCUT2D eigenvalue weighted by Gasteiger charge is -2.06. The van der Waals surface area contributed by atoms with Gasteiger partial charge >= 0.3 is 5.97 Å². The number of hydrogen-bond acceptors (Lipinski definition) is 5. The molecule has 120 valence electrons. The van der Waals surface area contributed by atoms with E-state index in [0.717, 1.165) is 11.1 Å². The van der Waals surface area contributed by atoms with Gasteiger partial charge in [0, 0.05) is 12.5 Å². The molecule has 0 amide bonds. The molecule has 1 aromatic carbocycles. The van der Waals surface area contributed by atoms with Gasteiger partial charge in [-0.2, -0.15) is 0 Å². The van der Waals surface area contributed by atoms with E-state index in [4.69, 9.17) is 9.47 Å². The zero-order valence-corrected chi connectivity index (χ0v) is 13.5. The molecule has 0 aliphatic carbocycles. The molecule has 0 N–H and O–H groups in total. The summed E-state index contributed by atoms with van der Waals surface area (Å²) in [7, 11) is 0.